The molecule has 0 radical (unpaired) electrons. The van der Waals surface area contributed by atoms with Gasteiger partial charge in [0.05, 0.1) is 21.5 Å². The maximum atomic E-state index is 13.0. The van der Waals surface area contributed by atoms with Crippen LogP contribution >= 0.6 is 23.2 Å². The largest absolute Gasteiger partial charge is 0.264 e. The molecule has 6 nitrogen and oxygen atoms in total. The summed E-state index contributed by atoms with van der Waals surface area (Å²) in [6, 6.07) is 7.24. The van der Waals surface area contributed by atoms with Gasteiger partial charge in [0.15, 0.2) is 0 Å². The number of anilines is 1. The Hall–Kier alpha value is -2.09. The average molecular weight is 439 g/mol. The van der Waals surface area contributed by atoms with E-state index in [1.807, 2.05) is 26.0 Å². The molecular formula is C19H20Cl2N4O2S. The molecule has 0 unspecified atom stereocenters. The molecule has 0 saturated heterocycles. The van der Waals surface area contributed by atoms with E-state index in [0.717, 1.165) is 16.7 Å². The van der Waals surface area contributed by atoms with Crippen LogP contribution in [0, 0.1) is 27.7 Å². The van der Waals surface area contributed by atoms with Crippen LogP contribution in [0.2, 0.25) is 10.0 Å². The van der Waals surface area contributed by atoms with Crippen molar-refractivity contribution < 1.29 is 8.42 Å². The number of nitrogens with zero attached hydrogens (tertiary/aromatic N) is 3. The normalized spacial score (nSPS) is 11.6. The zero-order valence-electron chi connectivity index (χ0n) is 15.9. The second-order valence-electron chi connectivity index (χ2n) is 6.71. The van der Waals surface area contributed by atoms with Crippen molar-refractivity contribution in [3.05, 3.63) is 68.5 Å². The fourth-order valence-electron chi connectivity index (χ4n) is 3.00. The Morgan fingerprint density at radius 3 is 2.25 bits per heavy atom. The zero-order valence-corrected chi connectivity index (χ0v) is 18.2. The quantitative estimate of drug-likeness (QED) is 0.627. The second-order valence-corrected chi connectivity index (χ2v) is 9.14. The van der Waals surface area contributed by atoms with E-state index in [1.54, 1.807) is 26.0 Å². The molecule has 0 aliphatic heterocycles. The minimum absolute atomic E-state index is 0.0121. The number of hydrogen-bond donors (Lipinski definition) is 1. The molecule has 0 spiro atoms. The zero-order chi connectivity index (χ0) is 20.6. The summed E-state index contributed by atoms with van der Waals surface area (Å²) in [5.74, 6) is 0.0121. The van der Waals surface area contributed by atoms with E-state index in [1.165, 1.54) is 11.0 Å². The highest BCUT2D eigenvalue weighted by molar-refractivity contribution is 7.92. The average Bonchev–Trinajstić information content (AvgIpc) is 3.02. The maximum absolute atomic E-state index is 13.0. The first-order valence-electron chi connectivity index (χ1n) is 8.52. The van der Waals surface area contributed by atoms with Crippen molar-refractivity contribution >= 4 is 39.2 Å². The Morgan fingerprint density at radius 2 is 1.64 bits per heavy atom. The van der Waals surface area contributed by atoms with E-state index >= 15 is 0 Å². The topological polar surface area (TPSA) is 76.9 Å². The third-order valence-electron chi connectivity index (χ3n) is 4.66. The minimum Gasteiger partial charge on any atom is -0.246 e. The van der Waals surface area contributed by atoms with Gasteiger partial charge in [-0.3, -0.25) is 0 Å². The molecule has 2 aromatic carbocycles. The lowest BCUT2D eigenvalue weighted by Crippen LogP contribution is -2.18. The first-order valence-corrected chi connectivity index (χ1v) is 10.8. The predicted molar refractivity (Wildman–Crippen MR) is 112 cm³/mol. The Bertz CT molecular complexity index is 1130. The van der Waals surface area contributed by atoms with Crippen LogP contribution in [0.5, 0.6) is 0 Å². The number of benzene rings is 2. The Morgan fingerprint density at radius 1 is 1.00 bits per heavy atom. The van der Waals surface area contributed by atoms with Crippen LogP contribution < -0.4 is 4.72 Å². The number of hydrogen-bond acceptors (Lipinski definition) is 4. The third-order valence-corrected chi connectivity index (χ3v) is 7.00. The van der Waals surface area contributed by atoms with E-state index in [4.69, 9.17) is 23.2 Å². The summed E-state index contributed by atoms with van der Waals surface area (Å²) in [4.78, 5) is 4.34. The molecule has 0 atom stereocenters. The number of nitrogens with one attached hydrogen (secondary N) is 1. The van der Waals surface area contributed by atoms with Gasteiger partial charge in [-0.25, -0.2) is 17.8 Å². The van der Waals surface area contributed by atoms with Gasteiger partial charge in [0, 0.05) is 0 Å². The molecule has 28 heavy (non-hydrogen) atoms. The molecule has 1 aromatic heterocycles. The van der Waals surface area contributed by atoms with Crippen LogP contribution in [-0.2, 0) is 16.6 Å². The molecule has 0 aliphatic carbocycles. The highest BCUT2D eigenvalue weighted by Gasteiger charge is 2.23. The summed E-state index contributed by atoms with van der Waals surface area (Å²) in [5.41, 5.74) is 4.13. The number of rotatable bonds is 5. The maximum Gasteiger partial charge on any atom is 0.264 e. The van der Waals surface area contributed by atoms with Crippen LogP contribution in [0.25, 0.3) is 0 Å². The molecular weight excluding hydrogens is 419 g/mol. The summed E-state index contributed by atoms with van der Waals surface area (Å²) in [6.45, 7) is 7.77. The third kappa shape index (κ3) is 4.16. The van der Waals surface area contributed by atoms with Crippen molar-refractivity contribution in [2.24, 2.45) is 0 Å². The number of aryl methyl sites for hydroxylation is 2. The van der Waals surface area contributed by atoms with E-state index in [0.29, 0.717) is 27.7 Å². The first-order chi connectivity index (χ1) is 13.1. The fourth-order valence-corrected chi connectivity index (χ4v) is 4.88. The molecule has 0 saturated carbocycles. The van der Waals surface area contributed by atoms with Crippen molar-refractivity contribution in [2.45, 2.75) is 39.1 Å². The van der Waals surface area contributed by atoms with Crippen LogP contribution in [0.4, 0.5) is 5.95 Å². The highest BCUT2D eigenvalue weighted by Crippen LogP contribution is 2.27. The van der Waals surface area contributed by atoms with Gasteiger partial charge < -0.3 is 0 Å². The van der Waals surface area contributed by atoms with Crippen molar-refractivity contribution in [1.29, 1.82) is 0 Å². The first kappa shape index (κ1) is 20.6. The summed E-state index contributed by atoms with van der Waals surface area (Å²) in [6.07, 6.45) is 1.46. The fraction of sp³-hybridized carbons (Fsp3) is 0.263. The van der Waals surface area contributed by atoms with Gasteiger partial charge in [-0.1, -0.05) is 35.3 Å². The number of halogens is 2. The van der Waals surface area contributed by atoms with E-state index in [2.05, 4.69) is 14.8 Å². The van der Waals surface area contributed by atoms with Crippen molar-refractivity contribution in [2.75, 3.05) is 4.72 Å². The molecule has 148 valence electrons. The lowest BCUT2D eigenvalue weighted by molar-refractivity contribution is 0.599. The molecule has 9 heteroatoms. The smallest absolute Gasteiger partial charge is 0.246 e. The van der Waals surface area contributed by atoms with Crippen LogP contribution in [0.15, 0.2) is 35.5 Å². The van der Waals surface area contributed by atoms with Crippen molar-refractivity contribution in [1.82, 2.24) is 14.8 Å². The van der Waals surface area contributed by atoms with Crippen LogP contribution in [-0.4, -0.2) is 23.2 Å². The molecule has 0 amide bonds. The molecule has 3 rings (SSSR count). The monoisotopic (exact) mass is 438 g/mol. The van der Waals surface area contributed by atoms with Crippen LogP contribution in [0.3, 0.4) is 0 Å². The number of sulfonamides is 1. The molecule has 0 fully saturated rings. The van der Waals surface area contributed by atoms with Crippen molar-refractivity contribution in [3.8, 4) is 0 Å². The number of aromatic nitrogens is 3. The van der Waals surface area contributed by atoms with E-state index < -0.39 is 10.0 Å². The molecule has 0 bridgehead atoms. The summed E-state index contributed by atoms with van der Waals surface area (Å²) in [7, 11) is -3.82. The van der Waals surface area contributed by atoms with Gasteiger partial charge in [0.1, 0.15) is 6.33 Å². The SMILES string of the molecule is Cc1cc(C)c(C)c(S(=O)(=O)Nc2ncn(Cc3ccc(Cl)c(Cl)c3)n2)c1C. The van der Waals surface area contributed by atoms with Crippen LogP contribution in [0.1, 0.15) is 27.8 Å². The van der Waals surface area contributed by atoms with E-state index in [9.17, 15) is 8.42 Å². The Kier molecular flexibility index (Phi) is 5.70. The molecule has 0 aliphatic rings. The van der Waals surface area contributed by atoms with Gasteiger partial charge in [-0.05, 0) is 67.6 Å². The Balaban J connectivity index is 1.86. The molecule has 3 aromatic rings. The summed E-state index contributed by atoms with van der Waals surface area (Å²) >= 11 is 11.9. The van der Waals surface area contributed by atoms with Gasteiger partial charge in [-0.2, -0.15) is 4.98 Å². The summed E-state index contributed by atoms with van der Waals surface area (Å²) in [5, 5.41) is 5.13. The lowest BCUT2D eigenvalue weighted by Gasteiger charge is -2.15. The molecule has 1 N–H and O–H groups in total. The van der Waals surface area contributed by atoms with Crippen molar-refractivity contribution in [3.63, 3.8) is 0 Å². The van der Waals surface area contributed by atoms with E-state index in [-0.39, 0.29) is 10.8 Å². The van der Waals surface area contributed by atoms with Gasteiger partial charge >= 0.3 is 0 Å². The second kappa shape index (κ2) is 7.73. The molecule has 1 heterocycles. The predicted octanol–water partition coefficient (Wildman–Crippen LogP) is 4.67. The highest BCUT2D eigenvalue weighted by atomic mass is 35.5. The Labute approximate surface area is 174 Å². The van der Waals surface area contributed by atoms with Gasteiger partial charge in [-0.15, -0.1) is 5.10 Å². The summed E-state index contributed by atoms with van der Waals surface area (Å²) < 4.78 is 29.9. The minimum atomic E-state index is -3.82. The van der Waals surface area contributed by atoms with Gasteiger partial charge in [0.2, 0.25) is 0 Å². The van der Waals surface area contributed by atoms with Gasteiger partial charge in [0.25, 0.3) is 16.0 Å². The lowest BCUT2D eigenvalue weighted by atomic mass is 10.0. The standard InChI is InChI=1S/C19H20Cl2N4O2S/c1-11-7-12(2)14(4)18(13(11)3)28(26,27)24-19-22-10-25(23-19)9-15-5-6-16(20)17(21)8-15/h5-8,10H,9H2,1-4H3,(H,23,24).